The van der Waals surface area contributed by atoms with Gasteiger partial charge in [0.2, 0.25) is 0 Å². The van der Waals surface area contributed by atoms with Crippen molar-refractivity contribution in [1.29, 1.82) is 0 Å². The molecule has 1 saturated carbocycles. The Labute approximate surface area is 314 Å². The fourth-order valence-electron chi connectivity index (χ4n) is 7.12. The summed E-state index contributed by atoms with van der Waals surface area (Å²) >= 11 is 0. The lowest BCUT2D eigenvalue weighted by atomic mass is 9.94. The first kappa shape index (κ1) is 40.3. The van der Waals surface area contributed by atoms with Gasteiger partial charge in [-0.25, -0.2) is 4.79 Å². The van der Waals surface area contributed by atoms with Crippen LogP contribution in [0.5, 0.6) is 0 Å². The van der Waals surface area contributed by atoms with Crippen LogP contribution < -0.4 is 9.13 Å². The van der Waals surface area contributed by atoms with Crippen LogP contribution in [0.1, 0.15) is 95.6 Å². The molecule has 0 bridgehead atoms. The van der Waals surface area contributed by atoms with Gasteiger partial charge in [0.15, 0.2) is 30.9 Å². The molecular weight excluding hydrogens is 704 g/mol. The Morgan fingerprint density at radius 3 is 1.74 bits per heavy atom. The maximum Gasteiger partial charge on any atom is 0.344 e. The largest absolute Gasteiger partial charge is 0.490 e. The van der Waals surface area contributed by atoms with Gasteiger partial charge in [-0.1, -0.05) is 13.5 Å². The first-order chi connectivity index (χ1) is 25.7. The highest BCUT2D eigenvalue weighted by molar-refractivity contribution is 5.88. The van der Waals surface area contributed by atoms with E-state index >= 15 is 0 Å². The SMILES string of the molecule is C=C(OC1CCC(OC(=O)c2ccc[n+]([C@@H]3O[C@H](COC(C)=O)[C@@H](OC(C)=O)[C@H]3C)c2)CC1)c1ccc[n+]([C@@H]2O[C@H](COC(C)=O)[C@@H](C)[C@H]2OC(C)=O)c1. The summed E-state index contributed by atoms with van der Waals surface area (Å²) < 4.78 is 49.5. The predicted octanol–water partition coefficient (Wildman–Crippen LogP) is 3.47. The predicted molar refractivity (Wildman–Crippen MR) is 185 cm³/mol. The van der Waals surface area contributed by atoms with Crippen LogP contribution in [0.4, 0.5) is 0 Å². The second-order valence-electron chi connectivity index (χ2n) is 14.0. The summed E-state index contributed by atoms with van der Waals surface area (Å²) in [6, 6.07) is 7.07. The number of hydrogen-bond donors (Lipinski definition) is 0. The van der Waals surface area contributed by atoms with Crippen LogP contribution in [-0.2, 0) is 57.1 Å². The number of carbonyl (C=O) groups is 5. The third-order valence-electron chi connectivity index (χ3n) is 9.85. The van der Waals surface area contributed by atoms with E-state index in [-0.39, 0.29) is 37.3 Å². The minimum absolute atomic E-state index is 0.0405. The lowest BCUT2D eigenvalue weighted by Gasteiger charge is -2.29. The lowest BCUT2D eigenvalue weighted by molar-refractivity contribution is -0.765. The zero-order valence-electron chi connectivity index (χ0n) is 31.5. The van der Waals surface area contributed by atoms with Crippen LogP contribution in [0, 0.1) is 11.8 Å². The van der Waals surface area contributed by atoms with E-state index in [9.17, 15) is 24.0 Å². The minimum atomic E-state index is -0.672. The van der Waals surface area contributed by atoms with Crippen molar-refractivity contribution < 1.29 is 71.0 Å². The average Bonchev–Trinajstić information content (AvgIpc) is 3.61. The van der Waals surface area contributed by atoms with Crippen LogP contribution in [0.2, 0.25) is 0 Å². The van der Waals surface area contributed by atoms with Crippen molar-refractivity contribution >= 4 is 35.6 Å². The summed E-state index contributed by atoms with van der Waals surface area (Å²) in [6.45, 7) is 13.2. The van der Waals surface area contributed by atoms with Crippen LogP contribution in [0.25, 0.3) is 5.76 Å². The number of rotatable bonds is 13. The molecule has 4 heterocycles. The molecule has 2 aliphatic heterocycles. The number of hydrogen-bond acceptors (Lipinski definition) is 13. The number of pyridine rings is 2. The van der Waals surface area contributed by atoms with E-state index in [1.807, 2.05) is 32.2 Å². The van der Waals surface area contributed by atoms with Gasteiger partial charge in [-0.05, 0) is 44.7 Å². The van der Waals surface area contributed by atoms with E-state index in [2.05, 4.69) is 6.58 Å². The number of carbonyl (C=O) groups excluding carboxylic acids is 5. The molecule has 15 heteroatoms. The van der Waals surface area contributed by atoms with Crippen molar-refractivity contribution in [2.75, 3.05) is 13.2 Å². The molecular formula is C39H50N2O13+2. The molecule has 2 aromatic heterocycles. The first-order valence-electron chi connectivity index (χ1n) is 18.2. The summed E-state index contributed by atoms with van der Waals surface area (Å²) in [5.41, 5.74) is 1.04. The molecule has 3 aliphatic rings. The van der Waals surface area contributed by atoms with Gasteiger partial charge < -0.3 is 37.9 Å². The molecule has 0 spiro atoms. The van der Waals surface area contributed by atoms with Gasteiger partial charge in [-0.3, -0.25) is 19.2 Å². The Kier molecular flexibility index (Phi) is 13.4. The molecule has 15 nitrogen and oxygen atoms in total. The average molecular weight is 755 g/mol. The van der Waals surface area contributed by atoms with E-state index < -0.39 is 66.7 Å². The monoisotopic (exact) mass is 754 g/mol. The highest BCUT2D eigenvalue weighted by Crippen LogP contribution is 2.35. The summed E-state index contributed by atoms with van der Waals surface area (Å²) in [7, 11) is 0. The molecule has 54 heavy (non-hydrogen) atoms. The minimum Gasteiger partial charge on any atom is -0.490 e. The zero-order chi connectivity index (χ0) is 39.1. The van der Waals surface area contributed by atoms with Gasteiger partial charge in [0.05, 0.1) is 17.6 Å². The number of aromatic nitrogens is 2. The van der Waals surface area contributed by atoms with Crippen LogP contribution in [0.15, 0.2) is 55.6 Å². The number of esters is 5. The van der Waals surface area contributed by atoms with Crippen molar-refractivity contribution in [3.8, 4) is 0 Å². The summed E-state index contributed by atoms with van der Waals surface area (Å²) in [5, 5.41) is 0. The highest BCUT2D eigenvalue weighted by Gasteiger charge is 2.51. The molecule has 2 saturated heterocycles. The molecule has 5 rings (SSSR count). The smallest absolute Gasteiger partial charge is 0.344 e. The molecule has 292 valence electrons. The summed E-state index contributed by atoms with van der Waals surface area (Å²) in [5.74, 6) is -2.37. The van der Waals surface area contributed by atoms with Crippen LogP contribution in [-0.4, -0.2) is 79.7 Å². The molecule has 0 radical (unpaired) electrons. The third-order valence-corrected chi connectivity index (χ3v) is 9.85. The topological polar surface area (TPSA) is 167 Å². The zero-order valence-corrected chi connectivity index (χ0v) is 31.5. The number of ether oxygens (including phenoxy) is 8. The second kappa shape index (κ2) is 18.0. The molecule has 8 atom stereocenters. The van der Waals surface area contributed by atoms with E-state index in [4.69, 9.17) is 37.9 Å². The standard InChI is InChI=1S/C39H50N2O13/c1-22-33(20-47-25(4)42)53-38(36(22)51-28(7)45)41-17-8-10-29(18-41)24(3)49-31-12-14-32(15-13-31)52-39(46)30-11-9-16-40(19-30)37-23(2)35(50-27(6)44)34(54-37)21-48-26(5)43/h8-11,16-19,22-23,31-38H,3,12-15,20-21H2,1-2,4-7H3/q+2/t22-,23-,31?,32?,33-,34-,35+,36-,37-,38-/m1/s1. The maximum atomic E-state index is 13.3. The summed E-state index contributed by atoms with van der Waals surface area (Å²) in [6.07, 6.45) is 5.40. The third kappa shape index (κ3) is 10.2. The second-order valence-corrected chi connectivity index (χ2v) is 14.0. The quantitative estimate of drug-likeness (QED) is 0.126. The van der Waals surface area contributed by atoms with Gasteiger partial charge in [-0.15, -0.1) is 0 Å². The van der Waals surface area contributed by atoms with E-state index in [0.717, 1.165) is 0 Å². The van der Waals surface area contributed by atoms with E-state index in [1.54, 1.807) is 39.9 Å². The Bertz CT molecular complexity index is 1710. The fraction of sp³-hybridized carbons (Fsp3) is 0.564. The fourth-order valence-corrected chi connectivity index (χ4v) is 7.12. The van der Waals surface area contributed by atoms with Crippen molar-refractivity contribution in [2.24, 2.45) is 11.8 Å². The normalized spacial score (nSPS) is 29.1. The van der Waals surface area contributed by atoms with Crippen molar-refractivity contribution in [2.45, 2.75) is 116 Å². The van der Waals surface area contributed by atoms with E-state index in [1.165, 1.54) is 27.7 Å². The number of nitrogens with zero attached hydrogens (tertiary/aromatic N) is 2. The van der Waals surface area contributed by atoms with Gasteiger partial charge in [-0.2, -0.15) is 9.13 Å². The maximum absolute atomic E-state index is 13.3. The Morgan fingerprint density at radius 1 is 0.648 bits per heavy atom. The highest BCUT2D eigenvalue weighted by atomic mass is 16.6. The van der Waals surface area contributed by atoms with Gasteiger partial charge >= 0.3 is 36.1 Å². The first-order valence-corrected chi connectivity index (χ1v) is 18.2. The van der Waals surface area contributed by atoms with Gasteiger partial charge in [0.25, 0.3) is 6.23 Å². The lowest BCUT2D eigenvalue weighted by Crippen LogP contribution is -2.46. The van der Waals surface area contributed by atoms with E-state index in [0.29, 0.717) is 42.6 Å². The van der Waals surface area contributed by atoms with Gasteiger partial charge in [0, 0.05) is 45.7 Å². The molecule has 1 aliphatic carbocycles. The van der Waals surface area contributed by atoms with Crippen LogP contribution >= 0.6 is 0 Å². The van der Waals surface area contributed by atoms with Crippen LogP contribution in [0.3, 0.4) is 0 Å². The van der Waals surface area contributed by atoms with Gasteiger partial charge in [0.1, 0.15) is 49.0 Å². The molecule has 0 N–H and O–H groups in total. The molecule has 3 fully saturated rings. The molecule has 0 aromatic carbocycles. The van der Waals surface area contributed by atoms with Crippen molar-refractivity contribution in [3.63, 3.8) is 0 Å². The van der Waals surface area contributed by atoms with Crippen molar-refractivity contribution in [3.05, 3.63) is 66.8 Å². The Morgan fingerprint density at radius 2 is 1.15 bits per heavy atom. The molecule has 0 unspecified atom stereocenters. The summed E-state index contributed by atoms with van der Waals surface area (Å²) in [4.78, 5) is 59.8. The molecule has 2 aromatic rings. The Balaban J connectivity index is 1.15. The molecule has 0 amide bonds. The van der Waals surface area contributed by atoms with Crippen molar-refractivity contribution in [1.82, 2.24) is 0 Å². The Hall–Kier alpha value is -4.89.